The van der Waals surface area contributed by atoms with Gasteiger partial charge in [0.25, 0.3) is 0 Å². The normalized spacial score (nSPS) is 14.1. The fourth-order valence-electron chi connectivity index (χ4n) is 2.68. The summed E-state index contributed by atoms with van der Waals surface area (Å²) in [7, 11) is 0. The number of carbonyl (C=O) groups is 4. The lowest BCUT2D eigenvalue weighted by atomic mass is 10.0. The molecule has 0 aliphatic rings. The molecule has 1 rings (SSSR count). The van der Waals surface area contributed by atoms with Gasteiger partial charge in [0.1, 0.15) is 24.4 Å². The Morgan fingerprint density at radius 1 is 0.857 bits per heavy atom. The minimum absolute atomic E-state index is 0.00348. The van der Waals surface area contributed by atoms with Crippen LogP contribution in [0.15, 0.2) is 18.2 Å². The van der Waals surface area contributed by atoms with Gasteiger partial charge < -0.3 is 34.1 Å². The van der Waals surface area contributed by atoms with Gasteiger partial charge in [0, 0.05) is 13.5 Å². The second-order valence-electron chi connectivity index (χ2n) is 8.08. The third-order valence-corrected chi connectivity index (χ3v) is 4.90. The Balaban J connectivity index is 3.07. The number of hydrogen-bond acceptors (Lipinski definition) is 10. The molecule has 0 heterocycles. The zero-order chi connectivity index (χ0) is 26.5. The number of ether oxygens (including phenoxy) is 5. The van der Waals surface area contributed by atoms with Crippen LogP contribution >= 0.6 is 0 Å². The van der Waals surface area contributed by atoms with Crippen LogP contribution in [0.5, 0.6) is 11.5 Å². The Morgan fingerprint density at radius 3 is 1.89 bits per heavy atom. The summed E-state index contributed by atoms with van der Waals surface area (Å²) in [4.78, 5) is 47.1. The molecule has 1 aromatic rings. The molecule has 35 heavy (non-hydrogen) atoms. The molecule has 0 aliphatic heterocycles. The first-order valence-electron chi connectivity index (χ1n) is 11.5. The van der Waals surface area contributed by atoms with E-state index in [1.807, 2.05) is 13.8 Å². The van der Waals surface area contributed by atoms with Crippen LogP contribution in [0.4, 0.5) is 9.59 Å². The summed E-state index contributed by atoms with van der Waals surface area (Å²) in [5.41, 5.74) is 0.471. The molecule has 0 aromatic heterocycles. The molecule has 11 heteroatoms. The highest BCUT2D eigenvalue weighted by molar-refractivity contribution is 5.74. The molecule has 0 bridgehead atoms. The zero-order valence-corrected chi connectivity index (χ0v) is 21.0. The van der Waals surface area contributed by atoms with Crippen molar-refractivity contribution in [3.63, 3.8) is 0 Å². The summed E-state index contributed by atoms with van der Waals surface area (Å²) in [5, 5.41) is 12.4. The Morgan fingerprint density at radius 2 is 1.40 bits per heavy atom. The average Bonchev–Trinajstić information content (AvgIpc) is 2.77. The van der Waals surface area contributed by atoms with Gasteiger partial charge in [0.05, 0.1) is 0 Å². The van der Waals surface area contributed by atoms with Gasteiger partial charge in [-0.05, 0) is 57.7 Å². The molecule has 2 N–H and O–H groups in total. The second-order valence-corrected chi connectivity index (χ2v) is 8.08. The summed E-state index contributed by atoms with van der Waals surface area (Å²) >= 11 is 0. The molecule has 1 aromatic carbocycles. The lowest BCUT2D eigenvalue weighted by molar-refractivity contribution is -0.145. The maximum atomic E-state index is 12.2. The Kier molecular flexibility index (Phi) is 12.6. The van der Waals surface area contributed by atoms with Crippen molar-refractivity contribution in [3.05, 3.63) is 23.8 Å². The highest BCUT2D eigenvalue weighted by atomic mass is 16.7. The smallest absolute Gasteiger partial charge is 0.480 e. The van der Waals surface area contributed by atoms with Crippen molar-refractivity contribution >= 4 is 24.2 Å². The fraction of sp³-hybridized carbons (Fsp3) is 0.583. The van der Waals surface area contributed by atoms with Crippen LogP contribution in [0.2, 0.25) is 0 Å². The summed E-state index contributed by atoms with van der Waals surface area (Å²) in [6.45, 7) is 10.1. The molecule has 0 saturated heterocycles. The van der Waals surface area contributed by atoms with E-state index in [-0.39, 0.29) is 30.6 Å². The third kappa shape index (κ3) is 11.6. The van der Waals surface area contributed by atoms with Crippen LogP contribution in [0.3, 0.4) is 0 Å². The van der Waals surface area contributed by atoms with Crippen molar-refractivity contribution in [2.45, 2.75) is 85.2 Å². The fourth-order valence-corrected chi connectivity index (χ4v) is 2.68. The number of nitrogens with one attached hydrogen (secondary N) is 1. The summed E-state index contributed by atoms with van der Waals surface area (Å²) in [5.74, 6) is -1.82. The van der Waals surface area contributed by atoms with E-state index in [0.29, 0.717) is 18.4 Å². The first-order chi connectivity index (χ1) is 16.4. The summed E-state index contributed by atoms with van der Waals surface area (Å²) in [6, 6.07) is 3.26. The number of rotatable bonds is 13. The third-order valence-electron chi connectivity index (χ3n) is 4.90. The first-order valence-corrected chi connectivity index (χ1v) is 11.5. The van der Waals surface area contributed by atoms with Gasteiger partial charge in [0.2, 0.25) is 0 Å². The Hall–Kier alpha value is -3.34. The molecule has 0 aliphatic carbocycles. The number of carbonyl (C=O) groups excluding carboxylic acids is 3. The number of esters is 1. The lowest BCUT2D eigenvalue weighted by Gasteiger charge is -2.19. The number of hydrogen-bond donors (Lipinski definition) is 2. The molecule has 0 fully saturated rings. The highest BCUT2D eigenvalue weighted by Crippen LogP contribution is 2.30. The van der Waals surface area contributed by atoms with Crippen molar-refractivity contribution in [3.8, 4) is 11.5 Å². The summed E-state index contributed by atoms with van der Waals surface area (Å²) < 4.78 is 25.7. The number of carboxylic acids is 1. The second kappa shape index (κ2) is 14.8. The number of carboxylic acid groups (broad SMARTS) is 1. The molecule has 3 unspecified atom stereocenters. The monoisotopic (exact) mass is 497 g/mol. The average molecular weight is 498 g/mol. The predicted octanol–water partition coefficient (Wildman–Crippen LogP) is 3.85. The van der Waals surface area contributed by atoms with E-state index >= 15 is 0 Å². The molecule has 0 saturated carbocycles. The standard InChI is InChI=1S/C24H35NO10/c1-7-14(3)32-23(29)34-20-10-9-18(12-21(20)35-24(30)33-15(4)8-2)11-19(22(27)28)25-13-16(5)31-17(6)26/h9-10,12,14-16,19,25H,7-8,11,13H2,1-6H3,(H,27,28)/t14?,15?,16?,19-/m0/s1. The first kappa shape index (κ1) is 29.7. The topological polar surface area (TPSA) is 147 Å². The molecule has 4 atom stereocenters. The Labute approximate surface area is 205 Å². The van der Waals surface area contributed by atoms with Crippen molar-refractivity contribution in [1.82, 2.24) is 5.32 Å². The minimum Gasteiger partial charge on any atom is -0.480 e. The van der Waals surface area contributed by atoms with Crippen molar-refractivity contribution in [2.24, 2.45) is 0 Å². The molecule has 196 valence electrons. The Bertz CT molecular complexity index is 872. The van der Waals surface area contributed by atoms with Gasteiger partial charge in [0.15, 0.2) is 11.5 Å². The largest absolute Gasteiger partial charge is 0.514 e. The molecular weight excluding hydrogens is 462 g/mol. The van der Waals surface area contributed by atoms with Gasteiger partial charge in [-0.25, -0.2) is 9.59 Å². The van der Waals surface area contributed by atoms with Gasteiger partial charge in [-0.15, -0.1) is 0 Å². The van der Waals surface area contributed by atoms with E-state index in [2.05, 4.69) is 5.32 Å². The van der Waals surface area contributed by atoms with Crippen LogP contribution in [-0.2, 0) is 30.2 Å². The molecule has 0 amide bonds. The van der Waals surface area contributed by atoms with Crippen molar-refractivity contribution in [1.29, 1.82) is 0 Å². The van der Waals surface area contributed by atoms with Crippen LogP contribution in [0, 0.1) is 0 Å². The maximum absolute atomic E-state index is 12.2. The van der Waals surface area contributed by atoms with E-state index in [0.717, 1.165) is 0 Å². The van der Waals surface area contributed by atoms with E-state index < -0.39 is 42.5 Å². The minimum atomic E-state index is -1.13. The molecule has 0 radical (unpaired) electrons. The maximum Gasteiger partial charge on any atom is 0.514 e. The van der Waals surface area contributed by atoms with Crippen molar-refractivity contribution < 1.29 is 48.0 Å². The van der Waals surface area contributed by atoms with Gasteiger partial charge in [-0.2, -0.15) is 0 Å². The van der Waals surface area contributed by atoms with Crippen LogP contribution in [0.25, 0.3) is 0 Å². The number of aliphatic carboxylic acids is 1. The highest BCUT2D eigenvalue weighted by Gasteiger charge is 2.22. The van der Waals surface area contributed by atoms with E-state index in [4.69, 9.17) is 23.7 Å². The number of benzene rings is 1. The van der Waals surface area contributed by atoms with Crippen LogP contribution in [0.1, 0.15) is 59.9 Å². The molecule has 0 spiro atoms. The predicted molar refractivity (Wildman–Crippen MR) is 125 cm³/mol. The van der Waals surface area contributed by atoms with E-state index in [1.165, 1.54) is 25.1 Å². The van der Waals surface area contributed by atoms with Crippen LogP contribution < -0.4 is 14.8 Å². The van der Waals surface area contributed by atoms with E-state index in [9.17, 15) is 24.3 Å². The quantitative estimate of drug-likeness (QED) is 0.233. The molecule has 11 nitrogen and oxygen atoms in total. The van der Waals surface area contributed by atoms with Crippen molar-refractivity contribution in [2.75, 3.05) is 6.54 Å². The lowest BCUT2D eigenvalue weighted by Crippen LogP contribution is -2.42. The summed E-state index contributed by atoms with van der Waals surface area (Å²) in [6.07, 6.45) is -2.14. The van der Waals surface area contributed by atoms with Gasteiger partial charge in [-0.1, -0.05) is 19.9 Å². The van der Waals surface area contributed by atoms with E-state index in [1.54, 1.807) is 20.8 Å². The SMILES string of the molecule is CCC(C)OC(=O)Oc1ccc(C[C@H](NCC(C)OC(C)=O)C(=O)O)cc1OC(=O)OC(C)CC. The van der Waals surface area contributed by atoms with Gasteiger partial charge in [-0.3, -0.25) is 9.59 Å². The van der Waals surface area contributed by atoms with Crippen LogP contribution in [-0.4, -0.2) is 60.3 Å². The molecular formula is C24H35NO10. The van der Waals surface area contributed by atoms with Gasteiger partial charge >= 0.3 is 24.2 Å². The zero-order valence-electron chi connectivity index (χ0n) is 21.0.